The summed E-state index contributed by atoms with van der Waals surface area (Å²) in [5.74, 6) is 0.880. The van der Waals surface area contributed by atoms with Crippen molar-refractivity contribution < 1.29 is 4.74 Å². The van der Waals surface area contributed by atoms with Crippen LogP contribution in [0.5, 0.6) is 0 Å². The zero-order valence-electron chi connectivity index (χ0n) is 12.4. The Morgan fingerprint density at radius 3 is 2.95 bits per heavy atom. The van der Waals surface area contributed by atoms with Gasteiger partial charge >= 0.3 is 0 Å². The van der Waals surface area contributed by atoms with E-state index in [0.29, 0.717) is 6.10 Å². The average molecular weight is 266 g/mol. The molecule has 0 aromatic rings. The van der Waals surface area contributed by atoms with Gasteiger partial charge in [0.25, 0.3) is 0 Å². The van der Waals surface area contributed by atoms with E-state index in [4.69, 9.17) is 4.74 Å². The van der Waals surface area contributed by atoms with Crippen molar-refractivity contribution in [2.24, 2.45) is 5.92 Å². The lowest BCUT2D eigenvalue weighted by atomic mass is 10.0. The molecule has 0 radical (unpaired) electrons. The number of ether oxygens (including phenoxy) is 1. The molecule has 3 heteroatoms. The molecule has 1 aliphatic heterocycles. The van der Waals surface area contributed by atoms with E-state index in [1.165, 1.54) is 58.0 Å². The third-order valence-electron chi connectivity index (χ3n) is 5.38. The predicted octanol–water partition coefficient (Wildman–Crippen LogP) is 2.41. The Balaban J connectivity index is 1.54. The highest BCUT2D eigenvalue weighted by atomic mass is 16.5. The summed E-state index contributed by atoms with van der Waals surface area (Å²) in [6, 6.07) is 1.52. The third-order valence-corrected chi connectivity index (χ3v) is 5.38. The van der Waals surface area contributed by atoms with Crippen LogP contribution in [0.25, 0.3) is 0 Å². The highest BCUT2D eigenvalue weighted by Gasteiger charge is 2.38. The molecule has 3 rings (SSSR count). The van der Waals surface area contributed by atoms with Crippen LogP contribution in [0, 0.1) is 5.92 Å². The van der Waals surface area contributed by atoms with Crippen LogP contribution in [0.4, 0.5) is 0 Å². The van der Waals surface area contributed by atoms with Crippen LogP contribution in [-0.4, -0.2) is 49.3 Å². The van der Waals surface area contributed by atoms with Crippen molar-refractivity contribution >= 4 is 0 Å². The number of nitrogens with one attached hydrogen (secondary N) is 1. The molecule has 110 valence electrons. The molecule has 3 fully saturated rings. The first-order valence-electron chi connectivity index (χ1n) is 8.47. The summed E-state index contributed by atoms with van der Waals surface area (Å²) in [6.45, 7) is 6.89. The SMILES string of the molecule is CCCNC1CCCC1CN1CCOC2CCCC21. The lowest BCUT2D eigenvalue weighted by Crippen LogP contribution is -2.51. The standard InChI is InChI=1S/C16H30N2O/c1-2-9-17-14-6-3-5-13(14)12-18-10-11-19-16-8-4-7-15(16)18/h13-17H,2-12H2,1H3. The number of nitrogens with zero attached hydrogens (tertiary/aromatic N) is 1. The summed E-state index contributed by atoms with van der Waals surface area (Å²) in [4.78, 5) is 2.76. The summed E-state index contributed by atoms with van der Waals surface area (Å²) < 4.78 is 5.93. The van der Waals surface area contributed by atoms with Crippen molar-refractivity contribution in [1.82, 2.24) is 10.2 Å². The second-order valence-corrected chi connectivity index (χ2v) is 6.65. The smallest absolute Gasteiger partial charge is 0.0730 e. The van der Waals surface area contributed by atoms with Crippen LogP contribution in [0.3, 0.4) is 0 Å². The molecule has 0 aromatic heterocycles. The molecule has 0 amide bonds. The van der Waals surface area contributed by atoms with Gasteiger partial charge in [-0.2, -0.15) is 0 Å². The van der Waals surface area contributed by atoms with Gasteiger partial charge in [-0.15, -0.1) is 0 Å². The predicted molar refractivity (Wildman–Crippen MR) is 78.4 cm³/mol. The van der Waals surface area contributed by atoms with Gasteiger partial charge in [-0.05, 0) is 51.0 Å². The fourth-order valence-electron chi connectivity index (χ4n) is 4.39. The van der Waals surface area contributed by atoms with Crippen molar-refractivity contribution in [2.45, 2.75) is 70.1 Å². The largest absolute Gasteiger partial charge is 0.375 e. The van der Waals surface area contributed by atoms with Gasteiger partial charge in [0.15, 0.2) is 0 Å². The molecule has 1 saturated heterocycles. The van der Waals surface area contributed by atoms with Crippen molar-refractivity contribution in [1.29, 1.82) is 0 Å². The van der Waals surface area contributed by atoms with Crippen molar-refractivity contribution in [3.8, 4) is 0 Å². The molecular formula is C16H30N2O. The molecule has 2 aliphatic carbocycles. The van der Waals surface area contributed by atoms with Gasteiger partial charge in [0.2, 0.25) is 0 Å². The molecule has 0 spiro atoms. The van der Waals surface area contributed by atoms with Crippen LogP contribution in [0.2, 0.25) is 0 Å². The fourth-order valence-corrected chi connectivity index (χ4v) is 4.39. The summed E-state index contributed by atoms with van der Waals surface area (Å²) in [7, 11) is 0. The maximum atomic E-state index is 5.93. The molecule has 3 nitrogen and oxygen atoms in total. The summed E-state index contributed by atoms with van der Waals surface area (Å²) in [6.07, 6.45) is 10.1. The minimum absolute atomic E-state index is 0.553. The lowest BCUT2D eigenvalue weighted by Gasteiger charge is -2.40. The number of hydrogen-bond donors (Lipinski definition) is 1. The molecular weight excluding hydrogens is 236 g/mol. The number of hydrogen-bond acceptors (Lipinski definition) is 3. The second kappa shape index (κ2) is 6.55. The first kappa shape index (κ1) is 13.8. The molecule has 0 aromatic carbocycles. The van der Waals surface area contributed by atoms with E-state index < -0.39 is 0 Å². The van der Waals surface area contributed by atoms with Crippen LogP contribution < -0.4 is 5.32 Å². The Hall–Kier alpha value is -0.120. The molecule has 1 heterocycles. The van der Waals surface area contributed by atoms with E-state index in [0.717, 1.165) is 31.2 Å². The van der Waals surface area contributed by atoms with E-state index >= 15 is 0 Å². The van der Waals surface area contributed by atoms with Gasteiger partial charge in [-0.1, -0.05) is 13.3 Å². The summed E-state index contributed by atoms with van der Waals surface area (Å²) >= 11 is 0. The van der Waals surface area contributed by atoms with E-state index in [1.54, 1.807) is 0 Å². The normalized spacial score (nSPS) is 39.6. The first-order valence-corrected chi connectivity index (χ1v) is 8.47. The van der Waals surface area contributed by atoms with Gasteiger partial charge in [0.1, 0.15) is 0 Å². The maximum Gasteiger partial charge on any atom is 0.0730 e. The highest BCUT2D eigenvalue weighted by molar-refractivity contribution is 4.93. The minimum Gasteiger partial charge on any atom is -0.375 e. The van der Waals surface area contributed by atoms with Crippen LogP contribution >= 0.6 is 0 Å². The second-order valence-electron chi connectivity index (χ2n) is 6.65. The minimum atomic E-state index is 0.553. The van der Waals surface area contributed by atoms with Crippen LogP contribution in [0.1, 0.15) is 51.9 Å². The Kier molecular flexibility index (Phi) is 4.78. The van der Waals surface area contributed by atoms with Gasteiger partial charge in [0, 0.05) is 25.2 Å². The molecule has 19 heavy (non-hydrogen) atoms. The van der Waals surface area contributed by atoms with Gasteiger partial charge < -0.3 is 10.1 Å². The fraction of sp³-hybridized carbons (Fsp3) is 1.00. The zero-order chi connectivity index (χ0) is 13.1. The van der Waals surface area contributed by atoms with E-state index in [2.05, 4.69) is 17.1 Å². The number of fused-ring (bicyclic) bond motifs is 1. The van der Waals surface area contributed by atoms with Gasteiger partial charge in [0.05, 0.1) is 12.7 Å². The van der Waals surface area contributed by atoms with Crippen molar-refractivity contribution in [3.05, 3.63) is 0 Å². The number of morpholine rings is 1. The topological polar surface area (TPSA) is 24.5 Å². The Labute approximate surface area is 118 Å². The lowest BCUT2D eigenvalue weighted by molar-refractivity contribution is -0.0609. The van der Waals surface area contributed by atoms with E-state index in [1.807, 2.05) is 0 Å². The van der Waals surface area contributed by atoms with Gasteiger partial charge in [-0.3, -0.25) is 4.90 Å². The average Bonchev–Trinajstić information content (AvgIpc) is 3.05. The monoisotopic (exact) mass is 266 g/mol. The zero-order valence-corrected chi connectivity index (χ0v) is 12.4. The van der Waals surface area contributed by atoms with E-state index in [-0.39, 0.29) is 0 Å². The Morgan fingerprint density at radius 1 is 1.16 bits per heavy atom. The number of rotatable bonds is 5. The van der Waals surface area contributed by atoms with Gasteiger partial charge in [-0.25, -0.2) is 0 Å². The Bertz CT molecular complexity index is 284. The highest BCUT2D eigenvalue weighted by Crippen LogP contribution is 2.33. The Morgan fingerprint density at radius 2 is 2.05 bits per heavy atom. The maximum absolute atomic E-state index is 5.93. The van der Waals surface area contributed by atoms with Crippen LogP contribution in [0.15, 0.2) is 0 Å². The van der Waals surface area contributed by atoms with Crippen molar-refractivity contribution in [3.63, 3.8) is 0 Å². The summed E-state index contributed by atoms with van der Waals surface area (Å²) in [5.41, 5.74) is 0. The van der Waals surface area contributed by atoms with Crippen LogP contribution in [-0.2, 0) is 4.74 Å². The third kappa shape index (κ3) is 3.14. The molecule has 2 saturated carbocycles. The molecule has 3 aliphatic rings. The van der Waals surface area contributed by atoms with E-state index in [9.17, 15) is 0 Å². The molecule has 0 bridgehead atoms. The first-order chi connectivity index (χ1) is 9.38. The molecule has 4 atom stereocenters. The summed E-state index contributed by atoms with van der Waals surface area (Å²) in [5, 5.41) is 3.77. The van der Waals surface area contributed by atoms with Crippen molar-refractivity contribution in [2.75, 3.05) is 26.2 Å². The molecule has 4 unspecified atom stereocenters. The molecule has 1 N–H and O–H groups in total. The quantitative estimate of drug-likeness (QED) is 0.827.